The highest BCUT2D eigenvalue weighted by Gasteiger charge is 2.28. The van der Waals surface area contributed by atoms with Crippen LogP contribution < -0.4 is 5.73 Å². The van der Waals surface area contributed by atoms with Crippen LogP contribution in [0.5, 0.6) is 0 Å². The Morgan fingerprint density at radius 3 is 2.68 bits per heavy atom. The number of aromatic nitrogens is 1. The van der Waals surface area contributed by atoms with Crippen molar-refractivity contribution < 1.29 is 4.79 Å². The Labute approximate surface area is 119 Å². The summed E-state index contributed by atoms with van der Waals surface area (Å²) in [5, 5.41) is 2.82. The summed E-state index contributed by atoms with van der Waals surface area (Å²) in [6.45, 7) is 4.86. The highest BCUT2D eigenvalue weighted by Crippen LogP contribution is 2.24. The zero-order valence-electron chi connectivity index (χ0n) is 11.8. The molecule has 4 nitrogen and oxygen atoms in total. The molecular formula is C14H23N3OS. The molecule has 0 aromatic carbocycles. The Bertz CT molecular complexity index is 424. The summed E-state index contributed by atoms with van der Waals surface area (Å²) in [5.41, 5.74) is 6.55. The molecule has 0 saturated heterocycles. The third-order valence-electron chi connectivity index (χ3n) is 3.75. The molecule has 0 atom stereocenters. The Kier molecular flexibility index (Phi) is 4.93. The molecule has 2 rings (SSSR count). The van der Waals surface area contributed by atoms with Crippen LogP contribution in [-0.4, -0.2) is 34.4 Å². The summed E-state index contributed by atoms with van der Waals surface area (Å²) >= 11 is 1.54. The molecule has 0 radical (unpaired) electrons. The zero-order chi connectivity index (χ0) is 13.8. The summed E-state index contributed by atoms with van der Waals surface area (Å²) in [6.07, 6.45) is 5.08. The van der Waals surface area contributed by atoms with Gasteiger partial charge in [-0.3, -0.25) is 4.79 Å². The molecule has 1 fully saturated rings. The van der Waals surface area contributed by atoms with Gasteiger partial charge in [-0.1, -0.05) is 6.92 Å². The normalized spacial score (nSPS) is 23.3. The largest absolute Gasteiger partial charge is 0.334 e. The smallest absolute Gasteiger partial charge is 0.273 e. The number of nitrogens with two attached hydrogens (primary N) is 1. The predicted octanol–water partition coefficient (Wildman–Crippen LogP) is 2.57. The van der Waals surface area contributed by atoms with Crippen LogP contribution in [0, 0.1) is 6.92 Å². The van der Waals surface area contributed by atoms with E-state index in [0.29, 0.717) is 17.8 Å². The van der Waals surface area contributed by atoms with Gasteiger partial charge in [-0.05, 0) is 39.0 Å². The highest BCUT2D eigenvalue weighted by atomic mass is 32.1. The average Bonchev–Trinajstić information content (AvgIpc) is 2.83. The molecule has 1 heterocycles. The molecule has 19 heavy (non-hydrogen) atoms. The van der Waals surface area contributed by atoms with Crippen molar-refractivity contribution in [2.75, 3.05) is 6.54 Å². The molecule has 0 spiro atoms. The van der Waals surface area contributed by atoms with Crippen molar-refractivity contribution in [1.29, 1.82) is 0 Å². The molecule has 2 N–H and O–H groups in total. The fourth-order valence-electron chi connectivity index (χ4n) is 2.71. The Hall–Kier alpha value is -0.940. The van der Waals surface area contributed by atoms with Crippen molar-refractivity contribution in [3.8, 4) is 0 Å². The van der Waals surface area contributed by atoms with Crippen LogP contribution >= 0.6 is 11.3 Å². The summed E-state index contributed by atoms with van der Waals surface area (Å²) < 4.78 is 0. The maximum atomic E-state index is 12.6. The van der Waals surface area contributed by atoms with Gasteiger partial charge in [0, 0.05) is 24.0 Å². The topological polar surface area (TPSA) is 59.2 Å². The number of hydrogen-bond donors (Lipinski definition) is 1. The summed E-state index contributed by atoms with van der Waals surface area (Å²) in [7, 11) is 0. The van der Waals surface area contributed by atoms with Crippen molar-refractivity contribution in [1.82, 2.24) is 9.88 Å². The fourth-order valence-corrected chi connectivity index (χ4v) is 3.30. The van der Waals surface area contributed by atoms with Crippen LogP contribution in [0.1, 0.15) is 54.5 Å². The molecule has 1 aromatic heterocycles. The maximum Gasteiger partial charge on any atom is 0.273 e. The third kappa shape index (κ3) is 3.54. The Balaban J connectivity index is 2.08. The van der Waals surface area contributed by atoms with E-state index in [1.807, 2.05) is 17.2 Å². The van der Waals surface area contributed by atoms with Gasteiger partial charge >= 0.3 is 0 Å². The first-order valence-corrected chi connectivity index (χ1v) is 7.98. The summed E-state index contributed by atoms with van der Waals surface area (Å²) in [5.74, 6) is 0.0895. The lowest BCUT2D eigenvalue weighted by atomic mass is 9.90. The molecule has 1 aliphatic carbocycles. The third-order valence-corrected chi connectivity index (χ3v) is 4.52. The quantitative estimate of drug-likeness (QED) is 0.922. The molecule has 0 bridgehead atoms. The van der Waals surface area contributed by atoms with Crippen LogP contribution in [0.2, 0.25) is 0 Å². The van der Waals surface area contributed by atoms with E-state index in [0.717, 1.165) is 43.7 Å². The van der Waals surface area contributed by atoms with Crippen molar-refractivity contribution in [3.05, 3.63) is 16.1 Å². The number of rotatable bonds is 4. The number of nitrogens with zero attached hydrogens (tertiary/aromatic N) is 2. The van der Waals surface area contributed by atoms with Crippen LogP contribution in [0.3, 0.4) is 0 Å². The molecule has 106 valence electrons. The van der Waals surface area contributed by atoms with E-state index in [-0.39, 0.29) is 5.91 Å². The van der Waals surface area contributed by atoms with Gasteiger partial charge in [-0.15, -0.1) is 11.3 Å². The van der Waals surface area contributed by atoms with Gasteiger partial charge in [0.15, 0.2) is 0 Å². The van der Waals surface area contributed by atoms with Crippen LogP contribution in [0.4, 0.5) is 0 Å². The highest BCUT2D eigenvalue weighted by molar-refractivity contribution is 7.09. The first kappa shape index (κ1) is 14.5. The number of thiazole rings is 1. The molecule has 5 heteroatoms. The van der Waals surface area contributed by atoms with Crippen molar-refractivity contribution in [2.45, 2.75) is 58.0 Å². The van der Waals surface area contributed by atoms with Crippen LogP contribution in [0.25, 0.3) is 0 Å². The lowest BCUT2D eigenvalue weighted by Crippen LogP contribution is -2.44. The lowest BCUT2D eigenvalue weighted by molar-refractivity contribution is 0.0621. The maximum absolute atomic E-state index is 12.6. The summed E-state index contributed by atoms with van der Waals surface area (Å²) in [4.78, 5) is 18.9. The second-order valence-corrected chi connectivity index (χ2v) is 6.38. The average molecular weight is 281 g/mol. The van der Waals surface area contributed by atoms with Gasteiger partial charge < -0.3 is 10.6 Å². The van der Waals surface area contributed by atoms with Crippen LogP contribution in [-0.2, 0) is 0 Å². The number of aryl methyl sites for hydroxylation is 1. The first-order chi connectivity index (χ1) is 9.11. The lowest BCUT2D eigenvalue weighted by Gasteiger charge is -2.35. The fraction of sp³-hybridized carbons (Fsp3) is 0.714. The van der Waals surface area contributed by atoms with E-state index in [1.165, 1.54) is 11.3 Å². The standard InChI is InChI=1S/C14H23N3OS/c1-3-8-17(12-6-4-11(15)5-7-12)14(18)13-9-19-10(2)16-13/h9,11-12H,3-8,15H2,1-2H3. The molecule has 1 saturated carbocycles. The molecule has 0 aliphatic heterocycles. The Morgan fingerprint density at radius 1 is 1.47 bits per heavy atom. The number of hydrogen-bond acceptors (Lipinski definition) is 4. The van der Waals surface area contributed by atoms with Crippen molar-refractivity contribution in [3.63, 3.8) is 0 Å². The monoisotopic (exact) mass is 281 g/mol. The van der Waals surface area contributed by atoms with Gasteiger partial charge in [-0.2, -0.15) is 0 Å². The van der Waals surface area contributed by atoms with Gasteiger partial charge in [0.1, 0.15) is 5.69 Å². The van der Waals surface area contributed by atoms with Gasteiger partial charge in [-0.25, -0.2) is 4.98 Å². The molecule has 0 unspecified atom stereocenters. The van der Waals surface area contributed by atoms with Crippen LogP contribution in [0.15, 0.2) is 5.38 Å². The van der Waals surface area contributed by atoms with Gasteiger partial charge in [0.05, 0.1) is 5.01 Å². The van der Waals surface area contributed by atoms with Gasteiger partial charge in [0.2, 0.25) is 0 Å². The molecule has 1 aromatic rings. The van der Waals surface area contributed by atoms with E-state index in [4.69, 9.17) is 5.73 Å². The second kappa shape index (κ2) is 6.48. The minimum absolute atomic E-state index is 0.0895. The van der Waals surface area contributed by atoms with E-state index in [2.05, 4.69) is 11.9 Å². The summed E-state index contributed by atoms with van der Waals surface area (Å²) in [6, 6.07) is 0.658. The van der Waals surface area contributed by atoms with Crippen molar-refractivity contribution in [2.24, 2.45) is 5.73 Å². The predicted molar refractivity (Wildman–Crippen MR) is 78.4 cm³/mol. The van der Waals surface area contributed by atoms with E-state index >= 15 is 0 Å². The molecular weight excluding hydrogens is 258 g/mol. The number of amides is 1. The van der Waals surface area contributed by atoms with E-state index in [9.17, 15) is 4.79 Å². The SMILES string of the molecule is CCCN(C(=O)c1csc(C)n1)C1CCC(N)CC1. The molecule has 1 aliphatic rings. The number of carbonyl (C=O) groups excluding carboxylic acids is 1. The second-order valence-electron chi connectivity index (χ2n) is 5.32. The van der Waals surface area contributed by atoms with E-state index < -0.39 is 0 Å². The Morgan fingerprint density at radius 2 is 2.16 bits per heavy atom. The van der Waals surface area contributed by atoms with Gasteiger partial charge in [0.25, 0.3) is 5.91 Å². The van der Waals surface area contributed by atoms with Crippen molar-refractivity contribution >= 4 is 17.2 Å². The minimum atomic E-state index is 0.0895. The first-order valence-electron chi connectivity index (χ1n) is 7.10. The minimum Gasteiger partial charge on any atom is -0.334 e. The zero-order valence-corrected chi connectivity index (χ0v) is 12.6. The molecule has 1 amide bonds. The number of carbonyl (C=O) groups is 1. The van der Waals surface area contributed by atoms with E-state index in [1.54, 1.807) is 0 Å².